The van der Waals surface area contributed by atoms with Crippen molar-refractivity contribution in [3.63, 3.8) is 0 Å². The summed E-state index contributed by atoms with van der Waals surface area (Å²) in [6, 6.07) is 19.6. The summed E-state index contributed by atoms with van der Waals surface area (Å²) in [5, 5.41) is 3.02. The van der Waals surface area contributed by atoms with E-state index in [1.54, 1.807) is 18.2 Å². The van der Waals surface area contributed by atoms with Crippen LogP contribution in [0.3, 0.4) is 0 Å². The highest BCUT2D eigenvalue weighted by Gasteiger charge is 2.33. The number of carbonyl (C=O) groups is 2. The summed E-state index contributed by atoms with van der Waals surface area (Å²) in [4.78, 5) is 28.0. The monoisotopic (exact) mass is 541 g/mol. The number of anilines is 1. The molecule has 0 aliphatic heterocycles. The maximum absolute atomic E-state index is 13.9. The number of aryl methyl sites for hydroxylation is 2. The summed E-state index contributed by atoms with van der Waals surface area (Å²) < 4.78 is 28.6. The lowest BCUT2D eigenvalue weighted by molar-refractivity contribution is -0.140. The number of likely N-dealkylation sites (N-methyl/N-ethyl adjacent to an activating group) is 1. The molecule has 3 rings (SSSR count). The van der Waals surface area contributed by atoms with Crippen LogP contribution in [0, 0.1) is 13.8 Å². The van der Waals surface area contributed by atoms with Crippen LogP contribution in [-0.2, 0) is 26.2 Å². The number of nitrogens with zero attached hydrogens (tertiary/aromatic N) is 2. The van der Waals surface area contributed by atoms with Crippen LogP contribution in [-0.4, -0.2) is 44.8 Å². The van der Waals surface area contributed by atoms with E-state index in [0.717, 1.165) is 21.0 Å². The van der Waals surface area contributed by atoms with E-state index in [0.29, 0.717) is 17.1 Å². The number of halogens is 1. The maximum Gasteiger partial charge on any atom is 0.264 e. The van der Waals surface area contributed by atoms with Crippen LogP contribution in [0.25, 0.3) is 0 Å². The Labute approximate surface area is 224 Å². The average molecular weight is 542 g/mol. The lowest BCUT2D eigenvalue weighted by atomic mass is 10.1. The molecule has 0 heterocycles. The third-order valence-corrected chi connectivity index (χ3v) is 8.12. The molecule has 0 bridgehead atoms. The van der Waals surface area contributed by atoms with E-state index in [-0.39, 0.29) is 17.3 Å². The highest BCUT2D eigenvalue weighted by Crippen LogP contribution is 2.26. The number of amides is 2. The molecule has 9 heteroatoms. The summed E-state index contributed by atoms with van der Waals surface area (Å²) in [6.07, 6.45) is 0.367. The van der Waals surface area contributed by atoms with Crippen molar-refractivity contribution in [3.8, 4) is 0 Å². The van der Waals surface area contributed by atoms with E-state index in [1.165, 1.54) is 36.2 Å². The molecule has 0 aliphatic rings. The minimum absolute atomic E-state index is 0.00892. The molecule has 1 N–H and O–H groups in total. The van der Waals surface area contributed by atoms with E-state index in [2.05, 4.69) is 5.32 Å². The molecule has 0 radical (unpaired) electrons. The van der Waals surface area contributed by atoms with Crippen LogP contribution in [0.2, 0.25) is 5.02 Å². The Kier molecular flexibility index (Phi) is 9.34. The molecule has 7 nitrogen and oxygen atoms in total. The normalized spacial score (nSPS) is 12.0. The van der Waals surface area contributed by atoms with Gasteiger partial charge in [0.1, 0.15) is 12.6 Å². The van der Waals surface area contributed by atoms with Gasteiger partial charge in [0.15, 0.2) is 0 Å². The van der Waals surface area contributed by atoms with Gasteiger partial charge in [-0.25, -0.2) is 8.42 Å². The third kappa shape index (κ3) is 6.90. The van der Waals surface area contributed by atoms with E-state index in [1.807, 2.05) is 51.1 Å². The molecule has 37 heavy (non-hydrogen) atoms. The van der Waals surface area contributed by atoms with Gasteiger partial charge in [-0.1, -0.05) is 60.5 Å². The first-order chi connectivity index (χ1) is 17.6. The van der Waals surface area contributed by atoms with Gasteiger partial charge in [0.05, 0.1) is 10.6 Å². The zero-order valence-corrected chi connectivity index (χ0v) is 23.0. The van der Waals surface area contributed by atoms with Gasteiger partial charge >= 0.3 is 0 Å². The van der Waals surface area contributed by atoms with Gasteiger partial charge in [0.2, 0.25) is 11.8 Å². The first kappa shape index (κ1) is 28.2. The van der Waals surface area contributed by atoms with Crippen LogP contribution in [0.15, 0.2) is 77.7 Å². The van der Waals surface area contributed by atoms with Crippen LogP contribution in [0.1, 0.15) is 30.0 Å². The van der Waals surface area contributed by atoms with Gasteiger partial charge in [-0.3, -0.25) is 13.9 Å². The van der Waals surface area contributed by atoms with Crippen molar-refractivity contribution in [2.75, 3.05) is 17.9 Å². The van der Waals surface area contributed by atoms with Crippen molar-refractivity contribution in [2.45, 2.75) is 44.7 Å². The van der Waals surface area contributed by atoms with E-state index >= 15 is 0 Å². The highest BCUT2D eigenvalue weighted by molar-refractivity contribution is 7.92. The van der Waals surface area contributed by atoms with E-state index in [9.17, 15) is 18.0 Å². The number of hydrogen-bond donors (Lipinski definition) is 1. The Morgan fingerprint density at radius 3 is 2.16 bits per heavy atom. The van der Waals surface area contributed by atoms with Crippen LogP contribution >= 0.6 is 11.6 Å². The molecule has 0 saturated carbocycles. The SMILES string of the molecule is CC[C@@H](C(=O)NC)N(Cc1ccc(C)cc1)C(=O)CN(c1cccc(C)c1)S(=O)(=O)c1ccc(Cl)cc1. The fourth-order valence-corrected chi connectivity index (χ4v) is 5.55. The maximum atomic E-state index is 13.9. The van der Waals surface area contributed by atoms with Gasteiger partial charge < -0.3 is 10.2 Å². The minimum Gasteiger partial charge on any atom is -0.357 e. The molecular formula is C28H32ClN3O4S. The van der Waals surface area contributed by atoms with Gasteiger partial charge in [-0.15, -0.1) is 0 Å². The Hall–Kier alpha value is -3.36. The minimum atomic E-state index is -4.13. The number of carbonyl (C=O) groups excluding carboxylic acids is 2. The predicted molar refractivity (Wildman–Crippen MR) is 147 cm³/mol. The quantitative estimate of drug-likeness (QED) is 0.403. The number of sulfonamides is 1. The van der Waals surface area contributed by atoms with Crippen molar-refractivity contribution in [1.82, 2.24) is 10.2 Å². The van der Waals surface area contributed by atoms with Crippen LogP contribution in [0.5, 0.6) is 0 Å². The highest BCUT2D eigenvalue weighted by atomic mass is 35.5. The molecule has 0 fully saturated rings. The molecule has 3 aromatic carbocycles. The second-order valence-electron chi connectivity index (χ2n) is 8.85. The fourth-order valence-electron chi connectivity index (χ4n) is 4.02. The Bertz CT molecular complexity index is 1340. The summed E-state index contributed by atoms with van der Waals surface area (Å²) >= 11 is 5.98. The van der Waals surface area contributed by atoms with Crippen LogP contribution in [0.4, 0.5) is 5.69 Å². The zero-order chi connectivity index (χ0) is 27.2. The number of benzene rings is 3. The summed E-state index contributed by atoms with van der Waals surface area (Å²) in [5.74, 6) is -0.805. The number of hydrogen-bond acceptors (Lipinski definition) is 4. The van der Waals surface area contributed by atoms with Crippen molar-refractivity contribution < 1.29 is 18.0 Å². The summed E-state index contributed by atoms with van der Waals surface area (Å²) in [6.45, 7) is 5.31. The lowest BCUT2D eigenvalue weighted by Crippen LogP contribution is -2.51. The van der Waals surface area contributed by atoms with E-state index < -0.39 is 28.5 Å². The van der Waals surface area contributed by atoms with Crippen LogP contribution < -0.4 is 9.62 Å². The molecular weight excluding hydrogens is 510 g/mol. The molecule has 0 aromatic heterocycles. The molecule has 3 aromatic rings. The fraction of sp³-hybridized carbons (Fsp3) is 0.286. The Balaban J connectivity index is 2.05. The molecule has 196 valence electrons. The lowest BCUT2D eigenvalue weighted by Gasteiger charge is -2.33. The predicted octanol–water partition coefficient (Wildman–Crippen LogP) is 4.71. The first-order valence-electron chi connectivity index (χ1n) is 12.0. The average Bonchev–Trinajstić information content (AvgIpc) is 2.88. The summed E-state index contributed by atoms with van der Waals surface area (Å²) in [5.41, 5.74) is 3.10. The number of rotatable bonds is 10. The van der Waals surface area contributed by atoms with Crippen molar-refractivity contribution >= 4 is 39.1 Å². The molecule has 0 spiro atoms. The first-order valence-corrected chi connectivity index (χ1v) is 13.8. The van der Waals surface area contributed by atoms with Gasteiger partial charge in [0.25, 0.3) is 10.0 Å². The van der Waals surface area contributed by atoms with Crippen molar-refractivity contribution in [1.29, 1.82) is 0 Å². The Morgan fingerprint density at radius 2 is 1.59 bits per heavy atom. The topological polar surface area (TPSA) is 86.8 Å². The Morgan fingerprint density at radius 1 is 0.946 bits per heavy atom. The van der Waals surface area contributed by atoms with Gasteiger partial charge in [-0.2, -0.15) is 0 Å². The molecule has 0 aliphatic carbocycles. The zero-order valence-electron chi connectivity index (χ0n) is 21.4. The van der Waals surface area contributed by atoms with Gasteiger partial charge in [-0.05, 0) is 67.8 Å². The molecule has 2 amide bonds. The number of nitrogens with one attached hydrogen (secondary N) is 1. The second kappa shape index (κ2) is 12.3. The molecule has 1 atom stereocenters. The second-order valence-corrected chi connectivity index (χ2v) is 11.1. The largest absolute Gasteiger partial charge is 0.357 e. The smallest absolute Gasteiger partial charge is 0.264 e. The third-order valence-electron chi connectivity index (χ3n) is 6.08. The molecule has 0 unspecified atom stereocenters. The van der Waals surface area contributed by atoms with Crippen molar-refractivity contribution in [2.24, 2.45) is 0 Å². The van der Waals surface area contributed by atoms with Gasteiger partial charge in [0, 0.05) is 18.6 Å². The van der Waals surface area contributed by atoms with E-state index in [4.69, 9.17) is 11.6 Å². The van der Waals surface area contributed by atoms with Crippen molar-refractivity contribution in [3.05, 3.63) is 94.5 Å². The molecule has 0 saturated heterocycles. The summed E-state index contributed by atoms with van der Waals surface area (Å²) in [7, 11) is -2.61. The standard InChI is InChI=1S/C28H32ClN3O4S/c1-5-26(28(34)30-4)31(18-22-11-9-20(2)10-12-22)27(33)19-32(24-8-6-7-21(3)17-24)37(35,36)25-15-13-23(29)14-16-25/h6-17,26H,5,18-19H2,1-4H3,(H,30,34)/t26-/m0/s1.